The number of benzene rings is 2. The maximum atomic E-state index is 13.0. The molecule has 2 heterocycles. The van der Waals surface area contributed by atoms with Crippen molar-refractivity contribution in [2.45, 2.75) is 18.4 Å². The summed E-state index contributed by atoms with van der Waals surface area (Å²) in [5.74, 6) is 1.88. The van der Waals surface area contributed by atoms with Crippen LogP contribution in [0.5, 0.6) is 11.5 Å². The maximum absolute atomic E-state index is 13.0. The highest BCUT2D eigenvalue weighted by Crippen LogP contribution is 2.22. The standard InChI is InChI=1S/C23H26N4O4S/c1-18-24-22(17-25(18)2)32(29,30)27-14-6-13-26(15-16-27)23(28)19-9-11-21(12-10-19)31-20-7-4-3-5-8-20/h3-5,7-12,17H,6,13-16H2,1-2H3. The zero-order valence-electron chi connectivity index (χ0n) is 18.1. The van der Waals surface area contributed by atoms with Crippen molar-refractivity contribution in [3.63, 3.8) is 0 Å². The summed E-state index contributed by atoms with van der Waals surface area (Å²) in [4.78, 5) is 18.9. The second-order valence-electron chi connectivity index (χ2n) is 7.73. The number of carbonyl (C=O) groups excluding carboxylic acids is 1. The molecule has 1 aliphatic heterocycles. The van der Waals surface area contributed by atoms with Gasteiger partial charge >= 0.3 is 0 Å². The normalized spacial score (nSPS) is 15.4. The third-order valence-corrected chi connectivity index (χ3v) is 7.28. The summed E-state index contributed by atoms with van der Waals surface area (Å²) in [6.45, 7) is 3.17. The highest BCUT2D eigenvalue weighted by Gasteiger charge is 2.30. The molecule has 0 unspecified atom stereocenters. The van der Waals surface area contributed by atoms with Gasteiger partial charge < -0.3 is 14.2 Å². The molecule has 8 nitrogen and oxygen atoms in total. The van der Waals surface area contributed by atoms with Crippen LogP contribution in [-0.2, 0) is 17.1 Å². The Labute approximate surface area is 188 Å². The molecule has 1 aromatic heterocycles. The number of aryl methyl sites for hydroxylation is 2. The van der Waals surface area contributed by atoms with Crippen LogP contribution in [0, 0.1) is 6.92 Å². The number of para-hydroxylation sites is 1. The summed E-state index contributed by atoms with van der Waals surface area (Å²) in [7, 11) is -1.93. The van der Waals surface area contributed by atoms with Gasteiger partial charge in [-0.25, -0.2) is 13.4 Å². The lowest BCUT2D eigenvalue weighted by atomic mass is 10.2. The van der Waals surface area contributed by atoms with E-state index in [0.29, 0.717) is 43.2 Å². The highest BCUT2D eigenvalue weighted by molar-refractivity contribution is 7.89. The summed E-state index contributed by atoms with van der Waals surface area (Å²) in [6.07, 6.45) is 2.09. The van der Waals surface area contributed by atoms with Crippen molar-refractivity contribution in [1.29, 1.82) is 0 Å². The molecule has 0 radical (unpaired) electrons. The van der Waals surface area contributed by atoms with Crippen LogP contribution in [0.2, 0.25) is 0 Å². The second-order valence-corrected chi connectivity index (χ2v) is 9.61. The number of rotatable bonds is 5. The maximum Gasteiger partial charge on any atom is 0.262 e. The van der Waals surface area contributed by atoms with Crippen molar-refractivity contribution in [2.75, 3.05) is 26.2 Å². The van der Waals surface area contributed by atoms with Gasteiger partial charge in [-0.1, -0.05) is 18.2 Å². The van der Waals surface area contributed by atoms with Crippen LogP contribution in [0.4, 0.5) is 0 Å². The molecule has 0 atom stereocenters. The molecule has 0 bridgehead atoms. The Morgan fingerprint density at radius 1 is 0.938 bits per heavy atom. The first-order chi connectivity index (χ1) is 15.3. The lowest BCUT2D eigenvalue weighted by Gasteiger charge is -2.21. The largest absolute Gasteiger partial charge is 0.457 e. The Bertz CT molecular complexity index is 1170. The van der Waals surface area contributed by atoms with Crippen LogP contribution < -0.4 is 4.74 Å². The molecule has 0 N–H and O–H groups in total. The molecule has 0 spiro atoms. The first-order valence-corrected chi connectivity index (χ1v) is 11.9. The number of hydrogen-bond acceptors (Lipinski definition) is 5. The van der Waals surface area contributed by atoms with Crippen molar-refractivity contribution in [3.8, 4) is 11.5 Å². The van der Waals surface area contributed by atoms with Gasteiger partial charge in [0.2, 0.25) is 0 Å². The van der Waals surface area contributed by atoms with Gasteiger partial charge in [-0.3, -0.25) is 4.79 Å². The molecule has 1 saturated heterocycles. The van der Waals surface area contributed by atoms with E-state index in [1.54, 1.807) is 47.7 Å². The van der Waals surface area contributed by atoms with E-state index in [1.165, 1.54) is 10.5 Å². The van der Waals surface area contributed by atoms with E-state index in [4.69, 9.17) is 4.74 Å². The van der Waals surface area contributed by atoms with Gasteiger partial charge in [0, 0.05) is 45.0 Å². The predicted octanol–water partition coefficient (Wildman–Crippen LogP) is 3.06. The van der Waals surface area contributed by atoms with Crippen LogP contribution in [0.15, 0.2) is 65.8 Å². The van der Waals surface area contributed by atoms with Crippen molar-refractivity contribution >= 4 is 15.9 Å². The minimum atomic E-state index is -3.69. The Morgan fingerprint density at radius 3 is 2.28 bits per heavy atom. The molecular formula is C23H26N4O4S. The molecule has 168 valence electrons. The smallest absolute Gasteiger partial charge is 0.262 e. The van der Waals surface area contributed by atoms with E-state index in [2.05, 4.69) is 4.98 Å². The number of aromatic nitrogens is 2. The highest BCUT2D eigenvalue weighted by atomic mass is 32.2. The fraction of sp³-hybridized carbons (Fsp3) is 0.304. The van der Waals surface area contributed by atoms with E-state index in [1.807, 2.05) is 30.3 Å². The Kier molecular flexibility index (Phi) is 6.29. The lowest BCUT2D eigenvalue weighted by Crippen LogP contribution is -2.37. The van der Waals surface area contributed by atoms with E-state index in [0.717, 1.165) is 5.75 Å². The molecular weight excluding hydrogens is 428 g/mol. The third-order valence-electron chi connectivity index (χ3n) is 5.51. The minimum Gasteiger partial charge on any atom is -0.457 e. The van der Waals surface area contributed by atoms with Crippen LogP contribution in [-0.4, -0.2) is 59.3 Å². The van der Waals surface area contributed by atoms with E-state index in [-0.39, 0.29) is 17.5 Å². The van der Waals surface area contributed by atoms with Gasteiger partial charge in [-0.2, -0.15) is 4.31 Å². The number of nitrogens with zero attached hydrogens (tertiary/aromatic N) is 4. The van der Waals surface area contributed by atoms with Crippen LogP contribution in [0.3, 0.4) is 0 Å². The monoisotopic (exact) mass is 454 g/mol. The average Bonchev–Trinajstić information content (AvgIpc) is 2.99. The number of ether oxygens (including phenoxy) is 1. The number of amides is 1. The fourth-order valence-electron chi connectivity index (χ4n) is 3.59. The molecule has 3 aromatic rings. The van der Waals surface area contributed by atoms with Crippen LogP contribution >= 0.6 is 0 Å². The van der Waals surface area contributed by atoms with E-state index >= 15 is 0 Å². The SMILES string of the molecule is Cc1nc(S(=O)(=O)N2CCCN(C(=O)c3ccc(Oc4ccccc4)cc3)CC2)cn1C. The van der Waals surface area contributed by atoms with Gasteiger partial charge in [0.15, 0.2) is 5.03 Å². The average molecular weight is 455 g/mol. The van der Waals surface area contributed by atoms with Crippen molar-refractivity contribution in [3.05, 3.63) is 72.2 Å². The Morgan fingerprint density at radius 2 is 1.62 bits per heavy atom. The quantitative estimate of drug-likeness (QED) is 0.592. The van der Waals surface area contributed by atoms with Crippen molar-refractivity contribution in [1.82, 2.24) is 18.8 Å². The summed E-state index contributed by atoms with van der Waals surface area (Å²) < 4.78 is 34.8. The molecule has 9 heteroatoms. The molecule has 4 rings (SSSR count). The molecule has 1 fully saturated rings. The molecule has 1 aliphatic rings. The lowest BCUT2D eigenvalue weighted by molar-refractivity contribution is 0.0764. The van der Waals surface area contributed by atoms with Gasteiger partial charge in [0.1, 0.15) is 17.3 Å². The first-order valence-electron chi connectivity index (χ1n) is 10.5. The Hall–Kier alpha value is -3.17. The van der Waals surface area contributed by atoms with E-state index in [9.17, 15) is 13.2 Å². The topological polar surface area (TPSA) is 84.7 Å². The van der Waals surface area contributed by atoms with Crippen LogP contribution in [0.25, 0.3) is 0 Å². The number of hydrogen-bond donors (Lipinski definition) is 0. The number of carbonyl (C=O) groups is 1. The van der Waals surface area contributed by atoms with Gasteiger partial charge in [-0.05, 0) is 49.7 Å². The first kappa shape index (κ1) is 22.0. The van der Waals surface area contributed by atoms with Crippen molar-refractivity contribution < 1.29 is 17.9 Å². The summed E-state index contributed by atoms with van der Waals surface area (Å²) in [6, 6.07) is 16.4. The summed E-state index contributed by atoms with van der Waals surface area (Å²) >= 11 is 0. The zero-order valence-corrected chi connectivity index (χ0v) is 19.0. The molecule has 1 amide bonds. The van der Waals surface area contributed by atoms with Gasteiger partial charge in [0.25, 0.3) is 15.9 Å². The third kappa shape index (κ3) is 4.68. The van der Waals surface area contributed by atoms with Gasteiger partial charge in [-0.15, -0.1) is 0 Å². The molecule has 32 heavy (non-hydrogen) atoms. The fourth-order valence-corrected chi connectivity index (χ4v) is 5.09. The number of sulfonamides is 1. The van der Waals surface area contributed by atoms with Crippen LogP contribution in [0.1, 0.15) is 22.6 Å². The minimum absolute atomic E-state index is 0.0475. The van der Waals surface area contributed by atoms with Gasteiger partial charge in [0.05, 0.1) is 0 Å². The predicted molar refractivity (Wildman–Crippen MR) is 120 cm³/mol. The summed E-state index contributed by atoms with van der Waals surface area (Å²) in [5, 5.41) is 0.0475. The molecule has 0 aliphatic carbocycles. The van der Waals surface area contributed by atoms with Crippen molar-refractivity contribution in [2.24, 2.45) is 7.05 Å². The van der Waals surface area contributed by atoms with E-state index < -0.39 is 10.0 Å². The summed E-state index contributed by atoms with van der Waals surface area (Å²) in [5.41, 5.74) is 0.544. The molecule has 2 aromatic carbocycles. The molecule has 0 saturated carbocycles. The zero-order chi connectivity index (χ0) is 22.7. The Balaban J connectivity index is 1.41. The number of imidazole rings is 1. The second kappa shape index (κ2) is 9.13.